The lowest BCUT2D eigenvalue weighted by Gasteiger charge is -1.97. The van der Waals surface area contributed by atoms with Gasteiger partial charge in [-0.3, -0.25) is 0 Å². The SMILES string of the molecule is Brc1cccc(-c2nc[nH]c2Br)c1. The first kappa shape index (κ1) is 8.97. The molecule has 2 aromatic rings. The van der Waals surface area contributed by atoms with E-state index in [2.05, 4.69) is 41.8 Å². The minimum absolute atomic E-state index is 0.908. The van der Waals surface area contributed by atoms with E-state index in [0.717, 1.165) is 20.3 Å². The van der Waals surface area contributed by atoms with E-state index in [1.165, 1.54) is 0 Å². The predicted molar refractivity (Wildman–Crippen MR) is 59.4 cm³/mol. The molecular weight excluding hydrogens is 296 g/mol. The van der Waals surface area contributed by atoms with Crippen molar-refractivity contribution in [2.75, 3.05) is 0 Å². The molecule has 0 fully saturated rings. The second-order valence-corrected chi connectivity index (χ2v) is 4.28. The molecule has 0 unspecified atom stereocenters. The minimum Gasteiger partial charge on any atom is -0.339 e. The molecule has 1 aromatic carbocycles. The van der Waals surface area contributed by atoms with Gasteiger partial charge in [0, 0.05) is 10.0 Å². The van der Waals surface area contributed by atoms with E-state index in [0.29, 0.717) is 0 Å². The van der Waals surface area contributed by atoms with Crippen molar-refractivity contribution in [2.45, 2.75) is 0 Å². The van der Waals surface area contributed by atoms with Crippen molar-refractivity contribution in [2.24, 2.45) is 0 Å². The van der Waals surface area contributed by atoms with Crippen LogP contribution in [0.25, 0.3) is 11.3 Å². The molecule has 13 heavy (non-hydrogen) atoms. The van der Waals surface area contributed by atoms with Gasteiger partial charge in [-0.15, -0.1) is 0 Å². The summed E-state index contributed by atoms with van der Waals surface area (Å²) in [5, 5.41) is 0. The number of halogens is 2. The number of benzene rings is 1. The summed E-state index contributed by atoms with van der Waals surface area (Å²) in [7, 11) is 0. The van der Waals surface area contributed by atoms with Crippen LogP contribution in [0, 0.1) is 0 Å². The number of hydrogen-bond acceptors (Lipinski definition) is 1. The molecule has 4 heteroatoms. The number of hydrogen-bond donors (Lipinski definition) is 1. The highest BCUT2D eigenvalue weighted by atomic mass is 79.9. The van der Waals surface area contributed by atoms with Gasteiger partial charge < -0.3 is 4.98 Å². The highest BCUT2D eigenvalue weighted by molar-refractivity contribution is 9.10. The fraction of sp³-hybridized carbons (Fsp3) is 0. The molecule has 0 amide bonds. The fourth-order valence-corrected chi connectivity index (χ4v) is 1.95. The highest BCUT2D eigenvalue weighted by Gasteiger charge is 2.04. The molecule has 1 N–H and O–H groups in total. The minimum atomic E-state index is 0.908. The smallest absolute Gasteiger partial charge is 0.110 e. The van der Waals surface area contributed by atoms with Gasteiger partial charge in [0.1, 0.15) is 10.3 Å². The number of aromatic amines is 1. The first-order valence-corrected chi connectivity index (χ1v) is 5.31. The zero-order chi connectivity index (χ0) is 9.26. The van der Waals surface area contributed by atoms with Crippen LogP contribution in [-0.4, -0.2) is 9.97 Å². The maximum absolute atomic E-state index is 4.20. The summed E-state index contributed by atoms with van der Waals surface area (Å²) in [4.78, 5) is 7.18. The molecule has 0 radical (unpaired) electrons. The molecule has 0 atom stereocenters. The zero-order valence-electron chi connectivity index (χ0n) is 6.59. The summed E-state index contributed by atoms with van der Waals surface area (Å²) in [6.45, 7) is 0. The Morgan fingerprint density at radius 3 is 2.69 bits per heavy atom. The van der Waals surface area contributed by atoms with E-state index in [9.17, 15) is 0 Å². The third kappa shape index (κ3) is 1.84. The van der Waals surface area contributed by atoms with Crippen molar-refractivity contribution < 1.29 is 0 Å². The molecule has 0 spiro atoms. The van der Waals surface area contributed by atoms with Crippen LogP contribution in [0.1, 0.15) is 0 Å². The Balaban J connectivity index is 2.53. The van der Waals surface area contributed by atoms with E-state index in [1.54, 1.807) is 6.33 Å². The van der Waals surface area contributed by atoms with E-state index in [4.69, 9.17) is 0 Å². The number of nitrogens with zero attached hydrogens (tertiary/aromatic N) is 1. The van der Waals surface area contributed by atoms with Crippen molar-refractivity contribution in [3.05, 3.63) is 39.7 Å². The van der Waals surface area contributed by atoms with Crippen LogP contribution in [0.15, 0.2) is 39.7 Å². The molecule has 0 aliphatic carbocycles. The van der Waals surface area contributed by atoms with E-state index in [-0.39, 0.29) is 0 Å². The van der Waals surface area contributed by atoms with Crippen molar-refractivity contribution in [3.63, 3.8) is 0 Å². The third-order valence-corrected chi connectivity index (χ3v) is 2.79. The largest absolute Gasteiger partial charge is 0.339 e. The van der Waals surface area contributed by atoms with Gasteiger partial charge >= 0.3 is 0 Å². The summed E-state index contributed by atoms with van der Waals surface area (Å²) in [5.74, 6) is 0. The molecule has 0 aliphatic heterocycles. The van der Waals surface area contributed by atoms with Crippen molar-refractivity contribution >= 4 is 31.9 Å². The summed E-state index contributed by atoms with van der Waals surface area (Å²) in [6, 6.07) is 8.03. The van der Waals surface area contributed by atoms with Gasteiger partial charge in [-0.05, 0) is 28.1 Å². The van der Waals surface area contributed by atoms with E-state index >= 15 is 0 Å². The molecule has 1 heterocycles. The Bertz CT molecular complexity index is 423. The quantitative estimate of drug-likeness (QED) is 0.856. The van der Waals surface area contributed by atoms with Gasteiger partial charge in [0.05, 0.1) is 6.33 Å². The highest BCUT2D eigenvalue weighted by Crippen LogP contribution is 2.26. The maximum Gasteiger partial charge on any atom is 0.110 e. The predicted octanol–water partition coefficient (Wildman–Crippen LogP) is 3.60. The Labute approximate surface area is 92.7 Å². The average molecular weight is 302 g/mol. The maximum atomic E-state index is 4.20. The van der Waals surface area contributed by atoms with Crippen LogP contribution in [-0.2, 0) is 0 Å². The van der Waals surface area contributed by atoms with E-state index in [1.807, 2.05) is 24.3 Å². The van der Waals surface area contributed by atoms with Crippen LogP contribution in [0.5, 0.6) is 0 Å². The van der Waals surface area contributed by atoms with E-state index < -0.39 is 0 Å². The molecule has 0 bridgehead atoms. The molecule has 0 saturated carbocycles. The molecule has 66 valence electrons. The second kappa shape index (κ2) is 3.64. The summed E-state index contributed by atoms with van der Waals surface area (Å²) in [6.07, 6.45) is 1.67. The standard InChI is InChI=1S/C9H6Br2N2/c10-7-3-1-2-6(4-7)8-9(11)13-5-12-8/h1-5H,(H,12,13). The third-order valence-electron chi connectivity index (χ3n) is 1.69. The van der Waals surface area contributed by atoms with Crippen molar-refractivity contribution in [1.29, 1.82) is 0 Å². The first-order chi connectivity index (χ1) is 6.27. The monoisotopic (exact) mass is 300 g/mol. The van der Waals surface area contributed by atoms with Crippen LogP contribution in [0.2, 0.25) is 0 Å². The Morgan fingerprint density at radius 2 is 2.08 bits per heavy atom. The summed E-state index contributed by atoms with van der Waals surface area (Å²) < 4.78 is 1.96. The lowest BCUT2D eigenvalue weighted by atomic mass is 10.2. The second-order valence-electron chi connectivity index (χ2n) is 2.58. The molecule has 0 aliphatic rings. The lowest BCUT2D eigenvalue weighted by molar-refractivity contribution is 1.30. The van der Waals surface area contributed by atoms with Gasteiger partial charge in [-0.2, -0.15) is 0 Å². The van der Waals surface area contributed by atoms with Crippen molar-refractivity contribution in [3.8, 4) is 11.3 Å². The average Bonchev–Trinajstić information content (AvgIpc) is 2.51. The molecule has 2 rings (SSSR count). The molecule has 1 aromatic heterocycles. The fourth-order valence-electron chi connectivity index (χ4n) is 1.12. The topological polar surface area (TPSA) is 28.7 Å². The van der Waals surface area contributed by atoms with Gasteiger partial charge in [0.2, 0.25) is 0 Å². The van der Waals surface area contributed by atoms with Gasteiger partial charge in [-0.25, -0.2) is 4.98 Å². The summed E-state index contributed by atoms with van der Waals surface area (Å²) in [5.41, 5.74) is 2.02. The Hall–Kier alpha value is -0.610. The Kier molecular flexibility index (Phi) is 2.51. The molecule has 2 nitrogen and oxygen atoms in total. The first-order valence-electron chi connectivity index (χ1n) is 3.72. The van der Waals surface area contributed by atoms with Gasteiger partial charge in [-0.1, -0.05) is 28.1 Å². The normalized spacial score (nSPS) is 10.3. The number of rotatable bonds is 1. The number of imidazole rings is 1. The van der Waals surface area contributed by atoms with Crippen molar-refractivity contribution in [1.82, 2.24) is 9.97 Å². The lowest BCUT2D eigenvalue weighted by Crippen LogP contribution is -1.77. The molecule has 0 saturated heterocycles. The van der Waals surface area contributed by atoms with Crippen LogP contribution >= 0.6 is 31.9 Å². The number of H-pyrrole nitrogens is 1. The van der Waals surface area contributed by atoms with Gasteiger partial charge in [0.15, 0.2) is 0 Å². The number of aromatic nitrogens is 2. The summed E-state index contributed by atoms with van der Waals surface area (Å²) >= 11 is 6.81. The van der Waals surface area contributed by atoms with Crippen LogP contribution in [0.3, 0.4) is 0 Å². The Morgan fingerprint density at radius 1 is 1.23 bits per heavy atom. The van der Waals surface area contributed by atoms with Gasteiger partial charge in [0.25, 0.3) is 0 Å². The number of nitrogens with one attached hydrogen (secondary N) is 1. The van der Waals surface area contributed by atoms with Crippen LogP contribution in [0.4, 0.5) is 0 Å². The molecular formula is C9H6Br2N2. The zero-order valence-corrected chi connectivity index (χ0v) is 9.76. The van der Waals surface area contributed by atoms with Crippen LogP contribution < -0.4 is 0 Å².